The van der Waals surface area contributed by atoms with Gasteiger partial charge >= 0.3 is 0 Å². The maximum atomic E-state index is 6.06. The van der Waals surface area contributed by atoms with Crippen LogP contribution in [0.3, 0.4) is 0 Å². The van der Waals surface area contributed by atoms with Crippen LogP contribution in [0.25, 0.3) is 28.0 Å². The Balaban J connectivity index is 1.97. The van der Waals surface area contributed by atoms with Gasteiger partial charge in [-0.2, -0.15) is 10.2 Å². The van der Waals surface area contributed by atoms with Crippen molar-refractivity contribution in [3.63, 3.8) is 0 Å². The Morgan fingerprint density at radius 2 is 2.05 bits per heavy atom. The van der Waals surface area contributed by atoms with E-state index < -0.39 is 0 Å². The normalized spacial score (nSPS) is 11.2. The summed E-state index contributed by atoms with van der Waals surface area (Å²) in [6.45, 7) is 1.89. The van der Waals surface area contributed by atoms with Crippen molar-refractivity contribution >= 4 is 22.5 Å². The average molecular weight is 311 g/mol. The smallest absolute Gasteiger partial charge is 0.154 e. The molecule has 6 heteroatoms. The fourth-order valence-electron chi connectivity index (χ4n) is 2.39. The molecule has 0 saturated heterocycles. The van der Waals surface area contributed by atoms with Crippen LogP contribution < -0.4 is 0 Å². The Hall–Kier alpha value is -2.66. The molecule has 0 saturated carbocycles. The molecule has 0 aliphatic carbocycles. The zero-order chi connectivity index (χ0) is 15.1. The largest absolute Gasteiger partial charge is 0.463 e. The van der Waals surface area contributed by atoms with Crippen LogP contribution in [0.2, 0.25) is 5.02 Å². The molecule has 4 aromatic rings. The average Bonchev–Trinajstić information content (AvgIpc) is 3.17. The van der Waals surface area contributed by atoms with Crippen molar-refractivity contribution in [2.45, 2.75) is 6.92 Å². The number of nitrogens with zero attached hydrogens (tertiary/aromatic N) is 4. The van der Waals surface area contributed by atoms with Crippen LogP contribution in [0.4, 0.5) is 0 Å². The minimum atomic E-state index is 0.663. The van der Waals surface area contributed by atoms with E-state index in [9.17, 15) is 0 Å². The van der Waals surface area contributed by atoms with Gasteiger partial charge in [0.1, 0.15) is 11.2 Å². The lowest BCUT2D eigenvalue weighted by molar-refractivity contribution is 0.579. The summed E-state index contributed by atoms with van der Waals surface area (Å²) < 4.78 is 7.22. The van der Waals surface area contributed by atoms with Crippen LogP contribution >= 0.6 is 11.6 Å². The highest BCUT2D eigenvalue weighted by Gasteiger charge is 2.15. The molecule has 0 N–H and O–H groups in total. The van der Waals surface area contributed by atoms with Gasteiger partial charge in [0.05, 0.1) is 23.0 Å². The Bertz CT molecular complexity index is 960. The van der Waals surface area contributed by atoms with Gasteiger partial charge in [-0.15, -0.1) is 5.10 Å². The molecule has 1 aromatic carbocycles. The summed E-state index contributed by atoms with van der Waals surface area (Å²) in [7, 11) is 0. The van der Waals surface area contributed by atoms with Gasteiger partial charge in [0.2, 0.25) is 0 Å². The Morgan fingerprint density at radius 3 is 2.82 bits per heavy atom. The second-order valence-electron chi connectivity index (χ2n) is 4.93. The second-order valence-corrected chi connectivity index (χ2v) is 5.36. The van der Waals surface area contributed by atoms with E-state index >= 15 is 0 Å². The lowest BCUT2D eigenvalue weighted by Gasteiger charge is -2.00. The van der Waals surface area contributed by atoms with Crippen molar-refractivity contribution in [3.05, 3.63) is 59.6 Å². The van der Waals surface area contributed by atoms with Gasteiger partial charge in [0.15, 0.2) is 5.76 Å². The lowest BCUT2D eigenvalue weighted by atomic mass is 10.2. The van der Waals surface area contributed by atoms with Crippen LogP contribution in [-0.4, -0.2) is 20.0 Å². The molecule has 0 aliphatic heterocycles. The van der Waals surface area contributed by atoms with Crippen LogP contribution in [0.5, 0.6) is 0 Å². The quantitative estimate of drug-likeness (QED) is 0.561. The summed E-state index contributed by atoms with van der Waals surface area (Å²) in [4.78, 5) is 0. The van der Waals surface area contributed by atoms with Crippen molar-refractivity contribution < 1.29 is 4.42 Å². The molecule has 5 nitrogen and oxygen atoms in total. The number of hydrogen-bond acceptors (Lipinski definition) is 4. The fraction of sp³-hybridized carbons (Fsp3) is 0.0625. The molecule has 0 radical (unpaired) electrons. The van der Waals surface area contributed by atoms with Crippen molar-refractivity contribution in [1.29, 1.82) is 0 Å². The molecule has 0 bridgehead atoms. The molecule has 4 rings (SSSR count). The first kappa shape index (κ1) is 13.0. The first-order chi connectivity index (χ1) is 10.7. The molecule has 22 heavy (non-hydrogen) atoms. The molecule has 3 aromatic heterocycles. The molecule has 108 valence electrons. The number of fused-ring (bicyclic) bond motifs is 1. The molecule has 0 aliphatic rings. The summed E-state index contributed by atoms with van der Waals surface area (Å²) in [5.74, 6) is 0.670. The third-order valence-electron chi connectivity index (χ3n) is 3.44. The van der Waals surface area contributed by atoms with Gasteiger partial charge in [-0.05, 0) is 37.3 Å². The van der Waals surface area contributed by atoms with E-state index in [1.165, 1.54) is 0 Å². The number of hydrogen-bond donors (Lipinski definition) is 0. The highest BCUT2D eigenvalue weighted by molar-refractivity contribution is 6.30. The summed E-state index contributed by atoms with van der Waals surface area (Å²) in [6, 6.07) is 11.2. The first-order valence-electron chi connectivity index (χ1n) is 6.75. The summed E-state index contributed by atoms with van der Waals surface area (Å²) in [6.07, 6.45) is 3.53. The number of rotatable bonds is 2. The molecule has 3 heterocycles. The summed E-state index contributed by atoms with van der Waals surface area (Å²) in [5, 5.41) is 14.6. The maximum absolute atomic E-state index is 6.06. The topological polar surface area (TPSA) is 56.7 Å². The minimum Gasteiger partial charge on any atom is -0.463 e. The van der Waals surface area contributed by atoms with Gasteiger partial charge < -0.3 is 4.42 Å². The lowest BCUT2D eigenvalue weighted by Crippen LogP contribution is -1.94. The second kappa shape index (κ2) is 4.96. The van der Waals surface area contributed by atoms with E-state index in [4.69, 9.17) is 16.0 Å². The standard InChI is InChI=1S/C16H11ClN4O/c1-10-15-13(16(19-18-10)14-6-3-7-22-14)9-21(20-15)12-5-2-4-11(17)8-12/h2-9H,1H3. The van der Waals surface area contributed by atoms with Gasteiger partial charge in [-0.25, -0.2) is 4.68 Å². The predicted molar refractivity (Wildman–Crippen MR) is 84.1 cm³/mol. The van der Waals surface area contributed by atoms with E-state index in [2.05, 4.69) is 15.3 Å². The Morgan fingerprint density at radius 1 is 1.14 bits per heavy atom. The Kier molecular flexibility index (Phi) is 2.94. The third kappa shape index (κ3) is 2.07. The molecular weight excluding hydrogens is 300 g/mol. The number of aromatic nitrogens is 4. The highest BCUT2D eigenvalue weighted by Crippen LogP contribution is 2.28. The van der Waals surface area contributed by atoms with Crippen molar-refractivity contribution in [1.82, 2.24) is 20.0 Å². The molecule has 0 fully saturated rings. The van der Waals surface area contributed by atoms with E-state index in [1.54, 1.807) is 10.9 Å². The summed E-state index contributed by atoms with van der Waals surface area (Å²) >= 11 is 6.06. The van der Waals surface area contributed by atoms with Gasteiger partial charge in [-0.1, -0.05) is 17.7 Å². The number of benzene rings is 1. The molecule has 0 spiro atoms. The first-order valence-corrected chi connectivity index (χ1v) is 7.12. The van der Waals surface area contributed by atoms with Crippen molar-refractivity contribution in [3.8, 4) is 17.1 Å². The maximum Gasteiger partial charge on any atom is 0.154 e. The van der Waals surface area contributed by atoms with E-state index in [-0.39, 0.29) is 0 Å². The summed E-state index contributed by atoms with van der Waals surface area (Å²) in [5.41, 5.74) is 3.12. The van der Waals surface area contributed by atoms with Crippen LogP contribution in [0.1, 0.15) is 5.69 Å². The van der Waals surface area contributed by atoms with E-state index in [0.29, 0.717) is 16.5 Å². The molecule has 0 unspecified atom stereocenters. The van der Waals surface area contributed by atoms with Gasteiger partial charge in [0, 0.05) is 11.2 Å². The number of aryl methyl sites for hydroxylation is 1. The van der Waals surface area contributed by atoms with Crippen molar-refractivity contribution in [2.24, 2.45) is 0 Å². The van der Waals surface area contributed by atoms with Gasteiger partial charge in [0.25, 0.3) is 0 Å². The third-order valence-corrected chi connectivity index (χ3v) is 3.67. The predicted octanol–water partition coefficient (Wildman–Crippen LogP) is 4.04. The molecule has 0 amide bonds. The van der Waals surface area contributed by atoms with Crippen LogP contribution in [-0.2, 0) is 0 Å². The van der Waals surface area contributed by atoms with Crippen LogP contribution in [0, 0.1) is 6.92 Å². The minimum absolute atomic E-state index is 0.663. The molecular formula is C16H11ClN4O. The van der Waals surface area contributed by atoms with Gasteiger partial charge in [-0.3, -0.25) is 0 Å². The highest BCUT2D eigenvalue weighted by atomic mass is 35.5. The zero-order valence-electron chi connectivity index (χ0n) is 11.7. The SMILES string of the molecule is Cc1nnc(-c2ccco2)c2cn(-c3cccc(Cl)c3)nc12. The fourth-order valence-corrected chi connectivity index (χ4v) is 2.57. The Labute approximate surface area is 131 Å². The van der Waals surface area contributed by atoms with Crippen molar-refractivity contribution in [2.75, 3.05) is 0 Å². The monoisotopic (exact) mass is 310 g/mol. The van der Waals surface area contributed by atoms with E-state index in [0.717, 1.165) is 22.3 Å². The zero-order valence-corrected chi connectivity index (χ0v) is 12.4. The van der Waals surface area contributed by atoms with E-state index in [1.807, 2.05) is 49.5 Å². The molecule has 0 atom stereocenters. The number of furan rings is 1. The number of halogens is 1. The van der Waals surface area contributed by atoms with Crippen LogP contribution in [0.15, 0.2) is 53.3 Å².